The van der Waals surface area contributed by atoms with E-state index in [4.69, 9.17) is 24.6 Å². The Balaban J connectivity index is 1.77. The molecule has 190 valence electrons. The number of aliphatic hydroxyl groups excluding tert-OH is 1. The van der Waals surface area contributed by atoms with Gasteiger partial charge in [0.1, 0.15) is 17.9 Å². The molecule has 0 bridgehead atoms. The zero-order chi connectivity index (χ0) is 25.0. The van der Waals surface area contributed by atoms with E-state index >= 15 is 0 Å². The van der Waals surface area contributed by atoms with E-state index in [1.807, 2.05) is 4.57 Å². The molecular weight excluding hydrogens is 488 g/mol. The molecule has 2 fully saturated rings. The zero-order valence-electron chi connectivity index (χ0n) is 21.5. The van der Waals surface area contributed by atoms with Crippen LogP contribution in [0.4, 0.5) is 0 Å². The minimum Gasteiger partial charge on any atom is -0.414 e. The fourth-order valence-corrected chi connectivity index (χ4v) is 17.4. The Morgan fingerprint density at radius 1 is 0.971 bits per heavy atom. The molecule has 2 aliphatic rings. The summed E-state index contributed by atoms with van der Waals surface area (Å²) in [5.41, 5.74) is 2.17. The predicted octanol–water partition coefficient (Wildman–Crippen LogP) is 5.36. The molecule has 0 unspecified atom stereocenters. The summed E-state index contributed by atoms with van der Waals surface area (Å²) in [5.74, 6) is 0.0485. The van der Waals surface area contributed by atoms with E-state index in [2.05, 4.69) is 70.3 Å². The zero-order valence-corrected chi connectivity index (χ0v) is 24.3. The van der Waals surface area contributed by atoms with Gasteiger partial charge in [-0.1, -0.05) is 67.0 Å². The summed E-state index contributed by atoms with van der Waals surface area (Å²) in [6, 6.07) is -0.243. The highest BCUT2D eigenvalue weighted by molar-refractivity contribution is 6.83. The van der Waals surface area contributed by atoms with Crippen molar-refractivity contribution in [2.45, 2.75) is 102 Å². The van der Waals surface area contributed by atoms with Crippen LogP contribution in [0.3, 0.4) is 0 Å². The minimum atomic E-state index is -2.78. The van der Waals surface area contributed by atoms with Gasteiger partial charge in [-0.3, -0.25) is 0 Å². The van der Waals surface area contributed by atoms with Gasteiger partial charge in [0.05, 0.1) is 18.5 Å². The maximum atomic E-state index is 11.6. The molecule has 0 aromatic carbocycles. The molecule has 1 N–H and O–H groups in total. The molecule has 4 atom stereocenters. The van der Waals surface area contributed by atoms with Crippen molar-refractivity contribution in [1.29, 1.82) is 0 Å². The summed E-state index contributed by atoms with van der Waals surface area (Å²) in [5, 5.41) is 11.9. The molecule has 11 heteroatoms. The van der Waals surface area contributed by atoms with Gasteiger partial charge in [0.25, 0.3) is 0 Å². The van der Waals surface area contributed by atoms with E-state index in [0.29, 0.717) is 29.3 Å². The van der Waals surface area contributed by atoms with Gasteiger partial charge >= 0.3 is 17.1 Å². The number of hydrogen-bond donors (Lipinski definition) is 1. The number of aromatic nitrogens is 4. The molecule has 3 heterocycles. The summed E-state index contributed by atoms with van der Waals surface area (Å²) in [6.07, 6.45) is 2.73. The Morgan fingerprint density at radius 3 is 2.18 bits per heavy atom. The highest BCUT2D eigenvalue weighted by Crippen LogP contribution is 2.50. The molecule has 1 aliphatic heterocycles. The number of imidazole rings is 1. The van der Waals surface area contributed by atoms with Gasteiger partial charge in [-0.15, -0.1) is 0 Å². The van der Waals surface area contributed by atoms with Crippen LogP contribution in [-0.2, 0) is 13.0 Å². The molecule has 1 aliphatic carbocycles. The van der Waals surface area contributed by atoms with Crippen LogP contribution in [0.15, 0.2) is 12.7 Å². The SMILES string of the molecule is CC(C)[Si]1(C(C)C)OC[C@H]2C[C@@H](n3cnc4c(Cl)ncnc43)[C@@H](O)[C@@H]2O[Si](C(C)C)(C(C)C)O1. The molecule has 34 heavy (non-hydrogen) atoms. The van der Waals surface area contributed by atoms with Crippen LogP contribution >= 0.6 is 11.6 Å². The van der Waals surface area contributed by atoms with Gasteiger partial charge < -0.3 is 22.6 Å². The third kappa shape index (κ3) is 4.08. The standard InChI is InChI=1S/C23H39ClN4O4Si2/c1-13(2)33(14(3)4)30-10-17-9-18(28-12-27-19-22(24)25-11-26-23(19)28)20(29)21(17)31-34(32-33,15(5)6)16(7)8/h11-18,20-21,29H,9-10H2,1-8H3/t17-,18-,20-,21-/m1/s1. The van der Waals surface area contributed by atoms with Gasteiger partial charge in [0, 0.05) is 12.5 Å². The Bertz CT molecular complexity index is 1000. The lowest BCUT2D eigenvalue weighted by atomic mass is 10.1. The van der Waals surface area contributed by atoms with Crippen molar-refractivity contribution in [3.05, 3.63) is 17.8 Å². The molecule has 8 nitrogen and oxygen atoms in total. The summed E-state index contributed by atoms with van der Waals surface area (Å²) < 4.78 is 23.1. The lowest BCUT2D eigenvalue weighted by Crippen LogP contribution is -2.65. The topological polar surface area (TPSA) is 91.5 Å². The Labute approximate surface area is 209 Å². The lowest BCUT2D eigenvalue weighted by molar-refractivity contribution is -0.0241. The van der Waals surface area contributed by atoms with Crippen molar-refractivity contribution in [2.24, 2.45) is 5.92 Å². The molecule has 1 saturated heterocycles. The average Bonchev–Trinajstić information content (AvgIpc) is 3.29. The van der Waals surface area contributed by atoms with Gasteiger partial charge in [0.15, 0.2) is 10.8 Å². The van der Waals surface area contributed by atoms with E-state index in [1.165, 1.54) is 6.33 Å². The monoisotopic (exact) mass is 526 g/mol. The van der Waals surface area contributed by atoms with Crippen LogP contribution in [0.2, 0.25) is 27.3 Å². The molecule has 2 aromatic rings. The third-order valence-electron chi connectivity index (χ3n) is 7.79. The smallest absolute Gasteiger partial charge is 0.335 e. The normalized spacial score (nSPS) is 29.2. The Morgan fingerprint density at radius 2 is 1.59 bits per heavy atom. The number of rotatable bonds is 5. The predicted molar refractivity (Wildman–Crippen MR) is 137 cm³/mol. The van der Waals surface area contributed by atoms with Gasteiger partial charge in [-0.2, -0.15) is 0 Å². The van der Waals surface area contributed by atoms with Crippen molar-refractivity contribution in [2.75, 3.05) is 6.61 Å². The fourth-order valence-electron chi connectivity index (χ4n) is 5.92. The van der Waals surface area contributed by atoms with Crippen LogP contribution < -0.4 is 0 Å². The molecule has 0 amide bonds. The van der Waals surface area contributed by atoms with Crippen LogP contribution in [0, 0.1) is 5.92 Å². The van der Waals surface area contributed by atoms with E-state index in [9.17, 15) is 5.11 Å². The molecule has 1 saturated carbocycles. The van der Waals surface area contributed by atoms with Crippen molar-refractivity contribution in [3.8, 4) is 0 Å². The summed E-state index contributed by atoms with van der Waals surface area (Å²) in [6.45, 7) is 18.2. The first kappa shape index (κ1) is 26.2. The second-order valence-electron chi connectivity index (χ2n) is 11.1. The Hall–Kier alpha value is -0.886. The summed E-state index contributed by atoms with van der Waals surface area (Å²) >= 11 is 6.24. The van der Waals surface area contributed by atoms with E-state index in [-0.39, 0.29) is 40.2 Å². The number of fused-ring (bicyclic) bond motifs is 2. The molecular formula is C23H39ClN4O4Si2. The van der Waals surface area contributed by atoms with Crippen molar-refractivity contribution < 1.29 is 18.1 Å². The summed E-state index contributed by atoms with van der Waals surface area (Å²) in [4.78, 5) is 12.9. The number of aliphatic hydroxyl groups is 1. The second-order valence-corrected chi connectivity index (χ2v) is 20.3. The van der Waals surface area contributed by atoms with Crippen LogP contribution in [0.25, 0.3) is 11.2 Å². The number of nitrogens with zero attached hydrogens (tertiary/aromatic N) is 4. The Kier molecular flexibility index (Phi) is 7.34. The number of hydrogen-bond acceptors (Lipinski definition) is 7. The highest BCUT2D eigenvalue weighted by atomic mass is 35.5. The third-order valence-corrected chi connectivity index (χ3v) is 18.3. The van der Waals surface area contributed by atoms with Crippen molar-refractivity contribution >= 4 is 39.9 Å². The van der Waals surface area contributed by atoms with Gasteiger partial charge in [-0.05, 0) is 28.6 Å². The largest absolute Gasteiger partial charge is 0.414 e. The van der Waals surface area contributed by atoms with Gasteiger partial charge in [-0.25, -0.2) is 15.0 Å². The lowest BCUT2D eigenvalue weighted by Gasteiger charge is -2.51. The molecule has 4 rings (SSSR count). The van der Waals surface area contributed by atoms with E-state index < -0.39 is 23.2 Å². The van der Waals surface area contributed by atoms with Gasteiger partial charge in [0.2, 0.25) is 0 Å². The fraction of sp³-hybridized carbons (Fsp3) is 0.783. The minimum absolute atomic E-state index is 0.0485. The average molecular weight is 527 g/mol. The first-order valence-corrected chi connectivity index (χ1v) is 16.8. The molecule has 2 aromatic heterocycles. The van der Waals surface area contributed by atoms with Crippen LogP contribution in [0.5, 0.6) is 0 Å². The summed E-state index contributed by atoms with van der Waals surface area (Å²) in [7, 11) is -5.38. The quantitative estimate of drug-likeness (QED) is 0.414. The second kappa shape index (κ2) is 9.53. The molecule has 0 spiro atoms. The number of halogens is 1. The van der Waals surface area contributed by atoms with Crippen LogP contribution in [-0.4, -0.2) is 60.6 Å². The van der Waals surface area contributed by atoms with E-state index in [0.717, 1.165) is 0 Å². The molecule has 0 radical (unpaired) electrons. The maximum Gasteiger partial charge on any atom is 0.335 e. The maximum absolute atomic E-state index is 11.6. The van der Waals surface area contributed by atoms with E-state index in [1.54, 1.807) is 6.33 Å². The van der Waals surface area contributed by atoms with Crippen molar-refractivity contribution in [3.63, 3.8) is 0 Å². The van der Waals surface area contributed by atoms with Crippen molar-refractivity contribution in [1.82, 2.24) is 19.5 Å². The first-order valence-electron chi connectivity index (χ1n) is 12.5. The first-order chi connectivity index (χ1) is 15.9. The highest BCUT2D eigenvalue weighted by Gasteiger charge is 2.61. The van der Waals surface area contributed by atoms with Crippen LogP contribution in [0.1, 0.15) is 67.9 Å².